The molecular weight excluding hydrogens is 774 g/mol. The van der Waals surface area contributed by atoms with Gasteiger partial charge in [0.1, 0.15) is 18.1 Å². The molecule has 0 aliphatic carbocycles. The third-order valence-corrected chi connectivity index (χ3v) is 10.3. The van der Waals surface area contributed by atoms with Crippen LogP contribution in [-0.4, -0.2) is 126 Å². The molecule has 2 aliphatic rings. The van der Waals surface area contributed by atoms with Gasteiger partial charge in [0, 0.05) is 72.4 Å². The number of aromatic carboxylic acids is 1. The number of benzene rings is 3. The second-order valence-corrected chi connectivity index (χ2v) is 14.2. The average molecular weight is 812 g/mol. The Morgan fingerprint density at radius 1 is 0.879 bits per heavy atom. The first kappa shape index (κ1) is 39.4. The van der Waals surface area contributed by atoms with Crippen molar-refractivity contribution in [2.75, 3.05) is 54.9 Å². The molecule has 2 saturated heterocycles. The predicted molar refractivity (Wildman–Crippen MR) is 209 cm³/mol. The van der Waals surface area contributed by atoms with E-state index in [4.69, 9.17) is 16.7 Å². The third-order valence-electron chi connectivity index (χ3n) is 10.1. The largest absolute Gasteiger partial charge is 0.477 e. The predicted octanol–water partition coefficient (Wildman–Crippen LogP) is 2.27. The summed E-state index contributed by atoms with van der Waals surface area (Å²) in [7, 11) is 0. The van der Waals surface area contributed by atoms with Gasteiger partial charge >= 0.3 is 23.8 Å². The Bertz CT molecular complexity index is 2360. The van der Waals surface area contributed by atoms with Crippen molar-refractivity contribution in [3.05, 3.63) is 89.3 Å². The van der Waals surface area contributed by atoms with Crippen molar-refractivity contribution >= 4 is 75.2 Å². The second kappa shape index (κ2) is 17.1. The first-order valence-corrected chi connectivity index (χ1v) is 18.7. The number of tetrazole rings is 1. The van der Waals surface area contributed by atoms with Gasteiger partial charge in [-0.1, -0.05) is 23.7 Å². The van der Waals surface area contributed by atoms with Crippen molar-refractivity contribution in [1.82, 2.24) is 40.3 Å². The van der Waals surface area contributed by atoms with Crippen molar-refractivity contribution in [3.8, 4) is 5.69 Å². The van der Waals surface area contributed by atoms with Crippen LogP contribution in [0, 0.1) is 5.92 Å². The number of aromatic amines is 1. The number of amides is 6. The summed E-state index contributed by atoms with van der Waals surface area (Å²) in [6, 6.07) is 16.2. The van der Waals surface area contributed by atoms with Crippen LogP contribution in [0.5, 0.6) is 0 Å². The van der Waals surface area contributed by atoms with E-state index in [0.29, 0.717) is 70.2 Å². The van der Waals surface area contributed by atoms with Crippen LogP contribution < -0.4 is 20.9 Å². The van der Waals surface area contributed by atoms with Crippen molar-refractivity contribution < 1.29 is 39.0 Å². The van der Waals surface area contributed by atoms with E-state index in [1.807, 2.05) is 0 Å². The second-order valence-electron chi connectivity index (χ2n) is 13.7. The van der Waals surface area contributed by atoms with Gasteiger partial charge in [-0.05, 0) is 83.4 Å². The lowest BCUT2D eigenvalue weighted by Crippen LogP contribution is -2.60. The molecule has 7 rings (SSSR count). The third kappa shape index (κ3) is 8.59. The smallest absolute Gasteiger partial charge is 0.352 e. The standard InChI is InChI=1S/C38H38ClN11O8/c39-25-3-8-30(50-21-41-45-46-50)31(20-25)48-14-15-49(36(55)35(48)54)32(34(53)42-27-6-7-28-24(18-27)19-29(44-28)37(56)57)17-22-1-4-26(5-2-22)43-38(58)47-12-9-23(10-13-47)33(52)40-11-16-51/h1-8,18-21,23,32,44,51H,9-17H2,(H,40,52)(H,42,53)(H,43,58)(H,56,57). The average Bonchev–Trinajstić information content (AvgIpc) is 3.92. The number of fused-ring (bicyclic) bond motifs is 1. The summed E-state index contributed by atoms with van der Waals surface area (Å²) < 4.78 is 1.34. The summed E-state index contributed by atoms with van der Waals surface area (Å²) in [5, 5.41) is 38.8. The molecule has 300 valence electrons. The summed E-state index contributed by atoms with van der Waals surface area (Å²) in [5.74, 6) is -3.94. The summed E-state index contributed by atoms with van der Waals surface area (Å²) >= 11 is 6.31. The van der Waals surface area contributed by atoms with Crippen LogP contribution in [0.4, 0.5) is 21.9 Å². The number of nitrogens with one attached hydrogen (secondary N) is 4. The highest BCUT2D eigenvalue weighted by Crippen LogP contribution is 2.30. The molecule has 4 heterocycles. The molecule has 2 aromatic heterocycles. The van der Waals surface area contributed by atoms with Crippen LogP contribution in [0.2, 0.25) is 5.02 Å². The number of carbonyl (C=O) groups is 6. The van der Waals surface area contributed by atoms with Crippen LogP contribution in [-0.2, 0) is 25.6 Å². The fourth-order valence-corrected chi connectivity index (χ4v) is 7.23. The highest BCUT2D eigenvalue weighted by atomic mass is 35.5. The number of carboxylic acids is 1. The first-order valence-electron chi connectivity index (χ1n) is 18.3. The van der Waals surface area contributed by atoms with Crippen LogP contribution in [0.1, 0.15) is 28.9 Å². The van der Waals surface area contributed by atoms with E-state index in [2.05, 4.69) is 36.5 Å². The number of nitrogens with zero attached hydrogens (tertiary/aromatic N) is 7. The van der Waals surface area contributed by atoms with Gasteiger partial charge in [-0.3, -0.25) is 19.2 Å². The van der Waals surface area contributed by atoms with E-state index < -0.39 is 29.7 Å². The maximum atomic E-state index is 14.2. The van der Waals surface area contributed by atoms with Crippen LogP contribution in [0.3, 0.4) is 0 Å². The maximum Gasteiger partial charge on any atom is 0.352 e. The van der Waals surface area contributed by atoms with Gasteiger partial charge in [0.2, 0.25) is 11.8 Å². The normalized spacial score (nSPS) is 15.4. The highest BCUT2D eigenvalue weighted by Gasteiger charge is 2.41. The molecule has 5 aromatic rings. The van der Waals surface area contributed by atoms with E-state index in [1.165, 1.54) is 32.9 Å². The summed E-state index contributed by atoms with van der Waals surface area (Å²) in [5.41, 5.74) is 2.67. The van der Waals surface area contributed by atoms with E-state index >= 15 is 0 Å². The van der Waals surface area contributed by atoms with Gasteiger partial charge in [-0.15, -0.1) is 5.10 Å². The molecule has 19 nitrogen and oxygen atoms in total. The van der Waals surface area contributed by atoms with Gasteiger partial charge in [0.15, 0.2) is 0 Å². The zero-order chi connectivity index (χ0) is 40.9. The molecule has 1 unspecified atom stereocenters. The number of piperidine rings is 1. The SMILES string of the molecule is O=C(O)c1cc2cc(NC(=O)C(Cc3ccc(NC(=O)N4CCC(C(=O)NCCO)CC4)cc3)N3CCN(c4cc(Cl)ccc4-n4cnnn4)C(=O)C3=O)ccc2[nH]1. The lowest BCUT2D eigenvalue weighted by atomic mass is 9.96. The molecule has 0 saturated carbocycles. The molecule has 0 bridgehead atoms. The number of anilines is 3. The molecule has 6 N–H and O–H groups in total. The molecule has 2 fully saturated rings. The summed E-state index contributed by atoms with van der Waals surface area (Å²) in [6.07, 6.45) is 2.31. The quantitative estimate of drug-likeness (QED) is 0.0998. The number of hydrogen-bond acceptors (Lipinski definition) is 10. The van der Waals surface area contributed by atoms with E-state index in [1.54, 1.807) is 59.5 Å². The van der Waals surface area contributed by atoms with Gasteiger partial charge < -0.3 is 45.8 Å². The van der Waals surface area contributed by atoms with Crippen molar-refractivity contribution in [2.24, 2.45) is 5.92 Å². The number of piperazine rings is 1. The molecule has 3 aromatic carbocycles. The lowest BCUT2D eigenvalue weighted by Gasteiger charge is -2.38. The van der Waals surface area contributed by atoms with Crippen LogP contribution >= 0.6 is 11.6 Å². The number of carbonyl (C=O) groups excluding carboxylic acids is 5. The molecule has 6 amide bonds. The topological polar surface area (TPSA) is 248 Å². The number of rotatable bonds is 12. The number of aliphatic hydroxyl groups is 1. The number of carboxylic acid groups (broad SMARTS) is 1. The van der Waals surface area contributed by atoms with Crippen LogP contribution in [0.25, 0.3) is 16.6 Å². The Labute approximate surface area is 334 Å². The Balaban J connectivity index is 1.08. The lowest BCUT2D eigenvalue weighted by molar-refractivity contribution is -0.149. The number of urea groups is 1. The van der Waals surface area contributed by atoms with Gasteiger partial charge in [0.25, 0.3) is 0 Å². The Morgan fingerprint density at radius 3 is 2.34 bits per heavy atom. The first-order chi connectivity index (χ1) is 28.0. The van der Waals surface area contributed by atoms with E-state index in [9.17, 15) is 33.9 Å². The van der Waals surface area contributed by atoms with Gasteiger partial charge in [-0.2, -0.15) is 4.68 Å². The van der Waals surface area contributed by atoms with Crippen molar-refractivity contribution in [3.63, 3.8) is 0 Å². The minimum Gasteiger partial charge on any atom is -0.477 e. The van der Waals surface area contributed by atoms with Gasteiger partial charge in [0.05, 0.1) is 18.0 Å². The summed E-state index contributed by atoms with van der Waals surface area (Å²) in [6.45, 7) is 0.775. The number of aromatic nitrogens is 5. The van der Waals surface area contributed by atoms with E-state index in [-0.39, 0.29) is 56.2 Å². The zero-order valence-corrected chi connectivity index (χ0v) is 31.6. The number of halogens is 1. The number of aliphatic hydroxyl groups excluding tert-OH is 1. The highest BCUT2D eigenvalue weighted by molar-refractivity contribution is 6.41. The molecule has 1 atom stereocenters. The fourth-order valence-electron chi connectivity index (χ4n) is 7.07. The number of H-pyrrole nitrogens is 1. The molecule has 58 heavy (non-hydrogen) atoms. The monoisotopic (exact) mass is 811 g/mol. The minimum atomic E-state index is -1.18. The van der Waals surface area contributed by atoms with E-state index in [0.717, 1.165) is 0 Å². The molecule has 20 heteroatoms. The van der Waals surface area contributed by atoms with Crippen molar-refractivity contribution in [1.29, 1.82) is 0 Å². The summed E-state index contributed by atoms with van der Waals surface area (Å²) in [4.78, 5) is 85.7. The minimum absolute atomic E-state index is 0.00641. The molecule has 2 aliphatic heterocycles. The Kier molecular flexibility index (Phi) is 11.6. The zero-order valence-electron chi connectivity index (χ0n) is 30.8. The van der Waals surface area contributed by atoms with Gasteiger partial charge in [-0.25, -0.2) is 9.59 Å². The van der Waals surface area contributed by atoms with Crippen molar-refractivity contribution in [2.45, 2.75) is 25.3 Å². The number of likely N-dealkylation sites (tertiary alicyclic amines) is 1. The molecule has 0 radical (unpaired) electrons. The maximum absolute atomic E-state index is 14.2. The Hall–Kier alpha value is -6.86. The van der Waals surface area contributed by atoms with Crippen LogP contribution in [0.15, 0.2) is 73.1 Å². The number of hydrogen-bond donors (Lipinski definition) is 6. The Morgan fingerprint density at radius 2 is 1.64 bits per heavy atom. The molecular formula is C38H38ClN11O8. The fraction of sp³-hybridized carbons (Fsp3) is 0.289. The molecule has 0 spiro atoms.